The van der Waals surface area contributed by atoms with E-state index in [4.69, 9.17) is 5.73 Å². The van der Waals surface area contributed by atoms with E-state index in [1.165, 1.54) is 0 Å². The lowest BCUT2D eigenvalue weighted by atomic mass is 10.0. The molecule has 2 N–H and O–H groups in total. The summed E-state index contributed by atoms with van der Waals surface area (Å²) in [4.78, 5) is 14.3. The molecule has 104 valence electrons. The van der Waals surface area contributed by atoms with Gasteiger partial charge < -0.3 is 10.6 Å². The third kappa shape index (κ3) is 2.22. The van der Waals surface area contributed by atoms with Crippen LogP contribution < -0.4 is 5.73 Å². The summed E-state index contributed by atoms with van der Waals surface area (Å²) in [6.07, 6.45) is 5.98. The molecule has 2 heterocycles. The molecule has 0 bridgehead atoms. The molecule has 1 aromatic rings. The average molecular weight is 262 g/mol. The summed E-state index contributed by atoms with van der Waals surface area (Å²) in [5, 5.41) is 4.45. The highest BCUT2D eigenvalue weighted by molar-refractivity contribution is 5.84. The van der Waals surface area contributed by atoms with Crippen molar-refractivity contribution >= 4 is 11.6 Å². The molecular formula is C14H22N4O. The summed E-state index contributed by atoms with van der Waals surface area (Å²) in [5.41, 5.74) is 7.44. The van der Waals surface area contributed by atoms with Crippen LogP contribution in [-0.4, -0.2) is 33.7 Å². The lowest BCUT2D eigenvalue weighted by molar-refractivity contribution is -0.137. The van der Waals surface area contributed by atoms with Crippen LogP contribution in [0.15, 0.2) is 6.20 Å². The molecule has 2 aliphatic rings. The lowest BCUT2D eigenvalue weighted by Crippen LogP contribution is -2.42. The van der Waals surface area contributed by atoms with Gasteiger partial charge in [0, 0.05) is 24.7 Å². The van der Waals surface area contributed by atoms with Gasteiger partial charge in [0.05, 0.1) is 17.4 Å². The van der Waals surface area contributed by atoms with E-state index in [0.29, 0.717) is 11.9 Å². The predicted octanol–water partition coefficient (Wildman–Crippen LogP) is 1.74. The Labute approximate surface area is 113 Å². The fourth-order valence-corrected chi connectivity index (χ4v) is 2.80. The van der Waals surface area contributed by atoms with E-state index in [1.807, 2.05) is 22.7 Å². The lowest BCUT2D eigenvalue weighted by Gasteiger charge is -2.33. The molecule has 1 aliphatic heterocycles. The van der Waals surface area contributed by atoms with Crippen LogP contribution in [0.2, 0.25) is 0 Å². The van der Waals surface area contributed by atoms with Crippen LogP contribution in [0, 0.1) is 12.3 Å². The quantitative estimate of drug-likeness (QED) is 0.883. The third-order valence-corrected chi connectivity index (χ3v) is 4.60. The molecule has 0 radical (unpaired) electrons. The van der Waals surface area contributed by atoms with E-state index in [1.54, 1.807) is 0 Å². The van der Waals surface area contributed by atoms with Crippen LogP contribution in [0.3, 0.4) is 0 Å². The number of carbonyl (C=O) groups is 1. The molecule has 2 fully saturated rings. The van der Waals surface area contributed by atoms with Gasteiger partial charge >= 0.3 is 0 Å². The molecule has 5 heteroatoms. The molecule has 1 aliphatic carbocycles. The highest BCUT2D eigenvalue weighted by Crippen LogP contribution is 2.47. The van der Waals surface area contributed by atoms with Gasteiger partial charge in [0.2, 0.25) is 5.91 Å². The number of aromatic nitrogens is 2. The van der Waals surface area contributed by atoms with Gasteiger partial charge in [0.15, 0.2) is 0 Å². The van der Waals surface area contributed by atoms with Crippen LogP contribution in [0.4, 0.5) is 5.69 Å². The topological polar surface area (TPSA) is 64.2 Å². The minimum absolute atomic E-state index is 0.0421. The van der Waals surface area contributed by atoms with Gasteiger partial charge in [-0.1, -0.05) is 6.92 Å². The van der Waals surface area contributed by atoms with E-state index in [2.05, 4.69) is 12.0 Å². The summed E-state index contributed by atoms with van der Waals surface area (Å²) in [6.45, 7) is 5.70. The zero-order chi connectivity index (χ0) is 13.6. The number of piperidine rings is 1. The van der Waals surface area contributed by atoms with Crippen molar-refractivity contribution in [2.75, 3.05) is 18.8 Å². The Hall–Kier alpha value is -1.52. The van der Waals surface area contributed by atoms with Crippen molar-refractivity contribution in [3.8, 4) is 0 Å². The van der Waals surface area contributed by atoms with Gasteiger partial charge in [-0.25, -0.2) is 0 Å². The zero-order valence-electron chi connectivity index (χ0n) is 11.7. The Kier molecular flexibility index (Phi) is 2.80. The highest BCUT2D eigenvalue weighted by Gasteiger charge is 2.47. The predicted molar refractivity (Wildman–Crippen MR) is 73.6 cm³/mol. The fourth-order valence-electron chi connectivity index (χ4n) is 2.80. The van der Waals surface area contributed by atoms with E-state index in [-0.39, 0.29) is 5.41 Å². The molecule has 0 aromatic carbocycles. The van der Waals surface area contributed by atoms with E-state index < -0.39 is 0 Å². The molecule has 1 aromatic heterocycles. The summed E-state index contributed by atoms with van der Waals surface area (Å²) in [6, 6.07) is 0.382. The van der Waals surface area contributed by atoms with Crippen LogP contribution >= 0.6 is 0 Å². The van der Waals surface area contributed by atoms with Crippen LogP contribution in [0.1, 0.15) is 44.3 Å². The van der Waals surface area contributed by atoms with Crippen molar-refractivity contribution in [1.82, 2.24) is 14.7 Å². The van der Waals surface area contributed by atoms with E-state index in [9.17, 15) is 4.79 Å². The molecule has 0 spiro atoms. The van der Waals surface area contributed by atoms with Crippen molar-refractivity contribution in [2.24, 2.45) is 5.41 Å². The number of amides is 1. The minimum atomic E-state index is -0.0421. The van der Waals surface area contributed by atoms with Gasteiger partial charge in [-0.3, -0.25) is 9.48 Å². The molecule has 5 nitrogen and oxygen atoms in total. The van der Waals surface area contributed by atoms with Crippen molar-refractivity contribution in [1.29, 1.82) is 0 Å². The monoisotopic (exact) mass is 262 g/mol. The molecule has 0 unspecified atom stereocenters. The SMILES string of the molecule is Cc1nn(C2CCN(C(=O)C3(C)CC3)CC2)cc1N. The first kappa shape index (κ1) is 12.5. The fraction of sp³-hybridized carbons (Fsp3) is 0.714. The molecule has 1 amide bonds. The van der Waals surface area contributed by atoms with Crippen molar-refractivity contribution in [2.45, 2.75) is 45.6 Å². The second-order valence-electron chi connectivity index (χ2n) is 6.23. The smallest absolute Gasteiger partial charge is 0.228 e. The number of nitrogens with two attached hydrogens (primary N) is 1. The molecular weight excluding hydrogens is 240 g/mol. The number of nitrogen functional groups attached to an aromatic ring is 1. The Balaban J connectivity index is 1.61. The van der Waals surface area contributed by atoms with E-state index >= 15 is 0 Å². The molecule has 0 atom stereocenters. The van der Waals surface area contributed by atoms with Crippen LogP contribution in [0.5, 0.6) is 0 Å². The first-order valence-electron chi connectivity index (χ1n) is 7.10. The van der Waals surface area contributed by atoms with Gasteiger partial charge in [0.25, 0.3) is 0 Å². The number of likely N-dealkylation sites (tertiary alicyclic amines) is 1. The first-order valence-corrected chi connectivity index (χ1v) is 7.10. The number of anilines is 1. The van der Waals surface area contributed by atoms with Crippen molar-refractivity contribution < 1.29 is 4.79 Å². The number of hydrogen-bond donors (Lipinski definition) is 1. The summed E-state index contributed by atoms with van der Waals surface area (Å²) < 4.78 is 1.98. The Bertz CT molecular complexity index is 476. The Morgan fingerprint density at radius 1 is 1.42 bits per heavy atom. The number of carbonyl (C=O) groups excluding carboxylic acids is 1. The van der Waals surface area contributed by atoms with Crippen molar-refractivity contribution in [3.63, 3.8) is 0 Å². The zero-order valence-corrected chi connectivity index (χ0v) is 11.7. The molecule has 19 heavy (non-hydrogen) atoms. The number of aryl methyl sites for hydroxylation is 1. The van der Waals surface area contributed by atoms with Gasteiger partial charge in [0.1, 0.15) is 0 Å². The normalized spacial score (nSPS) is 22.5. The molecule has 3 rings (SSSR count). The van der Waals surface area contributed by atoms with E-state index in [0.717, 1.165) is 50.2 Å². The maximum atomic E-state index is 12.3. The van der Waals surface area contributed by atoms with Crippen molar-refractivity contribution in [3.05, 3.63) is 11.9 Å². The maximum absolute atomic E-state index is 12.3. The summed E-state index contributed by atoms with van der Waals surface area (Å²) >= 11 is 0. The Morgan fingerprint density at radius 3 is 2.53 bits per heavy atom. The minimum Gasteiger partial charge on any atom is -0.396 e. The second kappa shape index (κ2) is 4.25. The van der Waals surface area contributed by atoms with Gasteiger partial charge in [-0.05, 0) is 32.6 Å². The Morgan fingerprint density at radius 2 is 2.05 bits per heavy atom. The first-order chi connectivity index (χ1) is 8.99. The van der Waals surface area contributed by atoms with Crippen LogP contribution in [0.25, 0.3) is 0 Å². The summed E-state index contributed by atoms with van der Waals surface area (Å²) in [5.74, 6) is 0.349. The van der Waals surface area contributed by atoms with Gasteiger partial charge in [-0.15, -0.1) is 0 Å². The highest BCUT2D eigenvalue weighted by atomic mass is 16.2. The number of rotatable bonds is 2. The second-order valence-corrected chi connectivity index (χ2v) is 6.23. The average Bonchev–Trinajstić information content (AvgIpc) is 3.07. The maximum Gasteiger partial charge on any atom is 0.228 e. The molecule has 1 saturated heterocycles. The number of nitrogens with zero attached hydrogens (tertiary/aromatic N) is 3. The third-order valence-electron chi connectivity index (χ3n) is 4.60. The van der Waals surface area contributed by atoms with Crippen LogP contribution in [-0.2, 0) is 4.79 Å². The largest absolute Gasteiger partial charge is 0.396 e. The number of hydrogen-bond acceptors (Lipinski definition) is 3. The summed E-state index contributed by atoms with van der Waals surface area (Å²) in [7, 11) is 0. The standard InChI is InChI=1S/C14H22N4O/c1-10-12(15)9-18(16-10)11-3-7-17(8-4-11)13(19)14(2)5-6-14/h9,11H,3-8,15H2,1-2H3. The molecule has 1 saturated carbocycles. The van der Waals surface area contributed by atoms with Gasteiger partial charge in [-0.2, -0.15) is 5.10 Å².